The molecule has 0 saturated carbocycles. The Balaban J connectivity index is 3.74. The van der Waals surface area contributed by atoms with Crippen LogP contribution in [-0.2, 0) is 9.53 Å². The monoisotopic (exact) mass is 205 g/mol. The second-order valence-electron chi connectivity index (χ2n) is 4.25. The fourth-order valence-corrected chi connectivity index (χ4v) is 0.907. The quantitative estimate of drug-likeness (QED) is 0.414. The number of carbonyl (C=O) groups excluding carboxylic acids is 1. The highest BCUT2D eigenvalue weighted by molar-refractivity contribution is 7.80. The lowest BCUT2D eigenvalue weighted by Gasteiger charge is -2.19. The zero-order valence-electron chi connectivity index (χ0n) is 8.76. The molecule has 0 aromatic rings. The Labute approximate surface area is 85.6 Å². The molecule has 3 nitrogen and oxygen atoms in total. The summed E-state index contributed by atoms with van der Waals surface area (Å²) in [6, 6.07) is -0.278. The Bertz CT molecular complexity index is 165. The number of hydrogen-bond donors (Lipinski definition) is 2. The van der Waals surface area contributed by atoms with E-state index in [0.717, 1.165) is 0 Å². The van der Waals surface area contributed by atoms with Gasteiger partial charge >= 0.3 is 5.97 Å². The molecule has 1 atom stereocenters. The van der Waals surface area contributed by atoms with Crippen molar-refractivity contribution in [3.05, 3.63) is 0 Å². The van der Waals surface area contributed by atoms with Gasteiger partial charge < -0.3 is 4.74 Å². The highest BCUT2D eigenvalue weighted by atomic mass is 32.1. The summed E-state index contributed by atoms with van der Waals surface area (Å²) in [5, 5.41) is 2.87. The number of hydrogen-bond acceptors (Lipinski definition) is 4. The summed E-state index contributed by atoms with van der Waals surface area (Å²) in [5.41, 5.74) is 0.0242. The Morgan fingerprint density at radius 1 is 1.54 bits per heavy atom. The molecule has 0 bridgehead atoms. The van der Waals surface area contributed by atoms with Crippen molar-refractivity contribution in [1.29, 1.82) is 0 Å². The van der Waals surface area contributed by atoms with Crippen molar-refractivity contribution in [3.63, 3.8) is 0 Å². The lowest BCUT2D eigenvalue weighted by molar-refractivity contribution is -0.148. The molecule has 4 heteroatoms. The molecule has 1 N–H and O–H groups in total. The van der Waals surface area contributed by atoms with Crippen LogP contribution in [0.1, 0.15) is 27.7 Å². The Hall–Kier alpha value is -0.220. The van der Waals surface area contributed by atoms with Crippen molar-refractivity contribution in [2.45, 2.75) is 33.7 Å². The van der Waals surface area contributed by atoms with Crippen LogP contribution in [0.25, 0.3) is 0 Å². The SMILES string of the molecule is CC(NCS)C(=O)OCC(C)(C)C. The topological polar surface area (TPSA) is 38.3 Å². The maximum atomic E-state index is 11.3. The van der Waals surface area contributed by atoms with Crippen molar-refractivity contribution < 1.29 is 9.53 Å². The van der Waals surface area contributed by atoms with E-state index in [1.54, 1.807) is 6.92 Å². The van der Waals surface area contributed by atoms with E-state index in [2.05, 4.69) is 17.9 Å². The molecule has 13 heavy (non-hydrogen) atoms. The van der Waals surface area contributed by atoms with Crippen LogP contribution in [0.3, 0.4) is 0 Å². The van der Waals surface area contributed by atoms with E-state index < -0.39 is 0 Å². The van der Waals surface area contributed by atoms with Gasteiger partial charge in [0.05, 0.1) is 6.61 Å². The minimum Gasteiger partial charge on any atom is -0.464 e. The Kier molecular flexibility index (Phi) is 5.40. The molecular weight excluding hydrogens is 186 g/mol. The maximum absolute atomic E-state index is 11.3. The first-order valence-electron chi connectivity index (χ1n) is 4.37. The van der Waals surface area contributed by atoms with Crippen LogP contribution in [0, 0.1) is 5.41 Å². The van der Waals surface area contributed by atoms with Gasteiger partial charge in [-0.05, 0) is 12.3 Å². The normalized spacial score (nSPS) is 13.9. The minimum absolute atomic E-state index is 0.0242. The van der Waals surface area contributed by atoms with Crippen LogP contribution in [0.15, 0.2) is 0 Å². The number of nitrogens with one attached hydrogen (secondary N) is 1. The summed E-state index contributed by atoms with van der Waals surface area (Å²) in [7, 11) is 0. The van der Waals surface area contributed by atoms with E-state index in [1.165, 1.54) is 0 Å². The maximum Gasteiger partial charge on any atom is 0.322 e. The van der Waals surface area contributed by atoms with Crippen LogP contribution in [0.2, 0.25) is 0 Å². The molecule has 0 spiro atoms. The van der Waals surface area contributed by atoms with Crippen LogP contribution >= 0.6 is 12.6 Å². The fourth-order valence-electron chi connectivity index (χ4n) is 0.633. The summed E-state index contributed by atoms with van der Waals surface area (Å²) in [6.07, 6.45) is 0. The Morgan fingerprint density at radius 3 is 2.46 bits per heavy atom. The second kappa shape index (κ2) is 5.50. The van der Waals surface area contributed by atoms with Gasteiger partial charge in [-0.3, -0.25) is 10.1 Å². The van der Waals surface area contributed by atoms with E-state index in [0.29, 0.717) is 12.5 Å². The summed E-state index contributed by atoms with van der Waals surface area (Å²) >= 11 is 3.96. The standard InChI is InChI=1S/C9H19NO2S/c1-7(10-6-13)8(11)12-5-9(2,3)4/h7,10,13H,5-6H2,1-4H3. The molecule has 0 fully saturated rings. The number of carbonyl (C=O) groups is 1. The van der Waals surface area contributed by atoms with E-state index in [4.69, 9.17) is 4.74 Å². The summed E-state index contributed by atoms with van der Waals surface area (Å²) < 4.78 is 5.09. The smallest absolute Gasteiger partial charge is 0.322 e. The summed E-state index contributed by atoms with van der Waals surface area (Å²) in [4.78, 5) is 11.3. The molecule has 1 unspecified atom stereocenters. The van der Waals surface area contributed by atoms with Gasteiger partial charge in [0.25, 0.3) is 0 Å². The number of ether oxygens (including phenoxy) is 1. The lowest BCUT2D eigenvalue weighted by atomic mass is 9.99. The van der Waals surface area contributed by atoms with E-state index in [-0.39, 0.29) is 17.4 Å². The van der Waals surface area contributed by atoms with Crippen LogP contribution in [-0.4, -0.2) is 24.5 Å². The molecule has 0 heterocycles. The highest BCUT2D eigenvalue weighted by Gasteiger charge is 2.17. The molecule has 0 radical (unpaired) electrons. The zero-order valence-corrected chi connectivity index (χ0v) is 9.65. The van der Waals surface area contributed by atoms with Crippen molar-refractivity contribution in [2.24, 2.45) is 5.41 Å². The fraction of sp³-hybridized carbons (Fsp3) is 0.889. The minimum atomic E-state index is -0.278. The van der Waals surface area contributed by atoms with Crippen LogP contribution in [0.5, 0.6) is 0 Å². The van der Waals surface area contributed by atoms with Gasteiger partial charge in [-0.2, -0.15) is 12.6 Å². The third kappa shape index (κ3) is 6.90. The summed E-state index contributed by atoms with van der Waals surface area (Å²) in [5.74, 6) is 0.259. The molecule has 0 saturated heterocycles. The van der Waals surface area contributed by atoms with Crippen molar-refractivity contribution in [3.8, 4) is 0 Å². The molecule has 0 aliphatic heterocycles. The second-order valence-corrected chi connectivity index (χ2v) is 4.57. The first kappa shape index (κ1) is 12.8. The molecule has 0 aliphatic rings. The average Bonchev–Trinajstić information content (AvgIpc) is 1.99. The highest BCUT2D eigenvalue weighted by Crippen LogP contribution is 2.13. The summed E-state index contributed by atoms with van der Waals surface area (Å²) in [6.45, 7) is 8.29. The third-order valence-corrected chi connectivity index (χ3v) is 1.58. The first-order chi connectivity index (χ1) is 5.87. The number of thiol groups is 1. The largest absolute Gasteiger partial charge is 0.464 e. The van der Waals surface area contributed by atoms with Gasteiger partial charge in [0, 0.05) is 5.88 Å². The van der Waals surface area contributed by atoms with Crippen LogP contribution in [0.4, 0.5) is 0 Å². The zero-order chi connectivity index (χ0) is 10.5. The average molecular weight is 205 g/mol. The number of esters is 1. The molecule has 0 aliphatic carbocycles. The predicted molar refractivity (Wildman–Crippen MR) is 56.9 cm³/mol. The molecule has 0 rings (SSSR count). The molecule has 78 valence electrons. The molecule has 0 aromatic carbocycles. The molecule has 0 amide bonds. The van der Waals surface area contributed by atoms with E-state index >= 15 is 0 Å². The first-order valence-corrected chi connectivity index (χ1v) is 5.01. The van der Waals surface area contributed by atoms with Crippen molar-refractivity contribution in [1.82, 2.24) is 5.32 Å². The van der Waals surface area contributed by atoms with Gasteiger partial charge in [-0.1, -0.05) is 20.8 Å². The number of rotatable bonds is 4. The van der Waals surface area contributed by atoms with Gasteiger partial charge in [-0.15, -0.1) is 0 Å². The van der Waals surface area contributed by atoms with Crippen LogP contribution < -0.4 is 5.32 Å². The van der Waals surface area contributed by atoms with Gasteiger partial charge in [0.15, 0.2) is 0 Å². The van der Waals surface area contributed by atoms with E-state index in [9.17, 15) is 4.79 Å². The molecule has 0 aromatic heterocycles. The lowest BCUT2D eigenvalue weighted by Crippen LogP contribution is -2.36. The van der Waals surface area contributed by atoms with Gasteiger partial charge in [-0.25, -0.2) is 0 Å². The third-order valence-electron chi connectivity index (χ3n) is 1.40. The van der Waals surface area contributed by atoms with Gasteiger partial charge in [0.2, 0.25) is 0 Å². The Morgan fingerprint density at radius 2 is 2.08 bits per heavy atom. The van der Waals surface area contributed by atoms with Gasteiger partial charge in [0.1, 0.15) is 6.04 Å². The predicted octanol–water partition coefficient (Wildman–Crippen LogP) is 1.44. The van der Waals surface area contributed by atoms with E-state index in [1.807, 2.05) is 20.8 Å². The van der Waals surface area contributed by atoms with Crippen molar-refractivity contribution in [2.75, 3.05) is 12.5 Å². The van der Waals surface area contributed by atoms with Crippen molar-refractivity contribution >= 4 is 18.6 Å². The molecular formula is C9H19NO2S.